The summed E-state index contributed by atoms with van der Waals surface area (Å²) in [5.74, 6) is 0. The number of rotatable bonds is 3. The van der Waals surface area contributed by atoms with Crippen LogP contribution in [0.5, 0.6) is 0 Å². The number of nitrogens with zero attached hydrogens (tertiary/aromatic N) is 1. The second kappa shape index (κ2) is 6.90. The Bertz CT molecular complexity index is 683. The van der Waals surface area contributed by atoms with Crippen molar-refractivity contribution in [2.45, 2.75) is 13.8 Å². The minimum atomic E-state index is -0.389. The van der Waals surface area contributed by atoms with Crippen LogP contribution in [-0.2, 0) is 0 Å². The van der Waals surface area contributed by atoms with Crippen LogP contribution in [0.4, 0.5) is 10.5 Å². The molecule has 0 radical (unpaired) electrons. The van der Waals surface area contributed by atoms with E-state index in [9.17, 15) is 4.79 Å². The smallest absolute Gasteiger partial charge is 0.306 e. The third-order valence-corrected chi connectivity index (χ3v) is 3.09. The van der Waals surface area contributed by atoms with Gasteiger partial charge in [-0.1, -0.05) is 41.4 Å². The van der Waals surface area contributed by atoms with Gasteiger partial charge in [-0.2, -0.15) is 5.10 Å². The highest BCUT2D eigenvalue weighted by atomic mass is 35.5. The lowest BCUT2D eigenvalue weighted by molar-refractivity contribution is 0.252. The van der Waals surface area contributed by atoms with Gasteiger partial charge >= 0.3 is 6.03 Å². The Morgan fingerprint density at radius 3 is 2.71 bits per heavy atom. The number of carbonyl (C=O) groups is 1. The molecule has 0 spiro atoms. The summed E-state index contributed by atoms with van der Waals surface area (Å²) in [4.78, 5) is 11.7. The van der Waals surface area contributed by atoms with E-state index in [4.69, 9.17) is 11.6 Å². The fraction of sp³-hybridized carbons (Fsp3) is 0.125. The number of carbonyl (C=O) groups excluding carboxylic acids is 1. The third-order valence-electron chi connectivity index (χ3n) is 2.86. The molecule has 0 aromatic heterocycles. The summed E-state index contributed by atoms with van der Waals surface area (Å²) in [6, 6.07) is 12.6. The average Bonchev–Trinajstić information content (AvgIpc) is 2.42. The van der Waals surface area contributed by atoms with Crippen LogP contribution in [0, 0.1) is 13.8 Å². The number of aryl methyl sites for hydroxylation is 2. The Morgan fingerprint density at radius 1 is 1.19 bits per heavy atom. The number of hydrazone groups is 1. The minimum Gasteiger partial charge on any atom is -0.306 e. The monoisotopic (exact) mass is 301 g/mol. The second-order valence-corrected chi connectivity index (χ2v) is 5.13. The van der Waals surface area contributed by atoms with Gasteiger partial charge in [-0.3, -0.25) is 0 Å². The molecule has 0 bridgehead atoms. The Labute approximate surface area is 128 Å². The van der Waals surface area contributed by atoms with Gasteiger partial charge in [-0.25, -0.2) is 10.2 Å². The summed E-state index contributed by atoms with van der Waals surface area (Å²) in [7, 11) is 0. The summed E-state index contributed by atoms with van der Waals surface area (Å²) in [6.07, 6.45) is 1.54. The zero-order valence-corrected chi connectivity index (χ0v) is 12.6. The minimum absolute atomic E-state index is 0.389. The molecule has 0 unspecified atom stereocenters. The van der Waals surface area contributed by atoms with Gasteiger partial charge in [0.05, 0.1) is 6.21 Å². The van der Waals surface area contributed by atoms with Gasteiger partial charge in [-0.15, -0.1) is 0 Å². The molecule has 2 amide bonds. The van der Waals surface area contributed by atoms with Crippen molar-refractivity contribution in [2.75, 3.05) is 5.32 Å². The van der Waals surface area contributed by atoms with Crippen molar-refractivity contribution < 1.29 is 4.79 Å². The standard InChI is InChI=1S/C16H16ClN3O/c1-11-6-7-15(12(2)8-11)19-16(21)20-18-10-13-4-3-5-14(17)9-13/h3-10H,1-2H3,(H2,19,20,21)/b18-10+. The number of halogens is 1. The van der Waals surface area contributed by atoms with Gasteiger partial charge in [0, 0.05) is 10.7 Å². The maximum atomic E-state index is 11.7. The lowest BCUT2D eigenvalue weighted by Crippen LogP contribution is -2.24. The van der Waals surface area contributed by atoms with Crippen LogP contribution in [0.1, 0.15) is 16.7 Å². The molecule has 2 aromatic carbocycles. The highest BCUT2D eigenvalue weighted by Crippen LogP contribution is 2.15. The van der Waals surface area contributed by atoms with E-state index in [1.807, 2.05) is 44.2 Å². The molecule has 0 aliphatic rings. The van der Waals surface area contributed by atoms with Gasteiger partial charge in [0.15, 0.2) is 0 Å². The topological polar surface area (TPSA) is 53.5 Å². The molecule has 0 aliphatic carbocycles. The van der Waals surface area contributed by atoms with E-state index in [-0.39, 0.29) is 6.03 Å². The molecule has 21 heavy (non-hydrogen) atoms. The SMILES string of the molecule is Cc1ccc(NC(=O)N/N=C/c2cccc(Cl)c2)c(C)c1. The van der Waals surface area contributed by atoms with Crippen molar-refractivity contribution in [3.63, 3.8) is 0 Å². The molecular formula is C16H16ClN3O. The molecule has 2 aromatic rings. The van der Waals surface area contributed by atoms with Gasteiger partial charge in [0.1, 0.15) is 0 Å². The maximum Gasteiger partial charge on any atom is 0.339 e. The van der Waals surface area contributed by atoms with E-state index in [1.54, 1.807) is 12.1 Å². The summed E-state index contributed by atoms with van der Waals surface area (Å²) < 4.78 is 0. The van der Waals surface area contributed by atoms with Crippen LogP contribution in [0.15, 0.2) is 47.6 Å². The first kappa shape index (κ1) is 15.1. The van der Waals surface area contributed by atoms with E-state index >= 15 is 0 Å². The molecule has 2 N–H and O–H groups in total. The maximum absolute atomic E-state index is 11.7. The molecule has 0 atom stereocenters. The Balaban J connectivity index is 1.93. The summed E-state index contributed by atoms with van der Waals surface area (Å²) >= 11 is 5.86. The molecule has 4 nitrogen and oxygen atoms in total. The van der Waals surface area contributed by atoms with E-state index in [0.717, 1.165) is 22.4 Å². The Hall–Kier alpha value is -2.33. The van der Waals surface area contributed by atoms with Crippen molar-refractivity contribution >= 4 is 29.5 Å². The normalized spacial score (nSPS) is 10.6. The van der Waals surface area contributed by atoms with Crippen molar-refractivity contribution in [1.82, 2.24) is 5.43 Å². The summed E-state index contributed by atoms with van der Waals surface area (Å²) in [5, 5.41) is 7.25. The Kier molecular flexibility index (Phi) is 4.95. The molecule has 0 saturated carbocycles. The van der Waals surface area contributed by atoms with Crippen molar-refractivity contribution in [2.24, 2.45) is 5.10 Å². The van der Waals surface area contributed by atoms with E-state index in [2.05, 4.69) is 15.8 Å². The van der Waals surface area contributed by atoms with Crippen LogP contribution in [-0.4, -0.2) is 12.2 Å². The summed E-state index contributed by atoms with van der Waals surface area (Å²) in [6.45, 7) is 3.95. The molecule has 0 fully saturated rings. The number of benzene rings is 2. The number of hydrogen-bond acceptors (Lipinski definition) is 2. The number of anilines is 1. The second-order valence-electron chi connectivity index (χ2n) is 4.70. The van der Waals surface area contributed by atoms with Crippen molar-refractivity contribution in [3.05, 3.63) is 64.2 Å². The fourth-order valence-corrected chi connectivity index (χ4v) is 2.06. The Morgan fingerprint density at radius 2 is 2.00 bits per heavy atom. The zero-order chi connectivity index (χ0) is 15.2. The number of hydrogen-bond donors (Lipinski definition) is 2. The zero-order valence-electron chi connectivity index (χ0n) is 11.9. The van der Waals surface area contributed by atoms with E-state index in [0.29, 0.717) is 5.02 Å². The van der Waals surface area contributed by atoms with Gasteiger partial charge in [-0.05, 0) is 43.2 Å². The van der Waals surface area contributed by atoms with Gasteiger partial charge in [0.2, 0.25) is 0 Å². The third kappa shape index (κ3) is 4.61. The first-order chi connectivity index (χ1) is 10.0. The molecule has 2 rings (SSSR count). The number of urea groups is 1. The predicted octanol–water partition coefficient (Wildman–Crippen LogP) is 4.11. The van der Waals surface area contributed by atoms with Crippen LogP contribution in [0.25, 0.3) is 0 Å². The van der Waals surface area contributed by atoms with Crippen molar-refractivity contribution in [3.8, 4) is 0 Å². The molecule has 0 heterocycles. The van der Waals surface area contributed by atoms with Crippen LogP contribution in [0.2, 0.25) is 5.02 Å². The number of amides is 2. The fourth-order valence-electron chi connectivity index (χ4n) is 1.86. The van der Waals surface area contributed by atoms with Crippen LogP contribution < -0.4 is 10.7 Å². The lowest BCUT2D eigenvalue weighted by atomic mass is 10.1. The van der Waals surface area contributed by atoms with Crippen molar-refractivity contribution in [1.29, 1.82) is 0 Å². The predicted molar refractivity (Wildman–Crippen MR) is 87.1 cm³/mol. The number of nitrogens with one attached hydrogen (secondary N) is 2. The van der Waals surface area contributed by atoms with Crippen LogP contribution >= 0.6 is 11.6 Å². The quantitative estimate of drug-likeness (QED) is 0.650. The van der Waals surface area contributed by atoms with Gasteiger partial charge in [0.25, 0.3) is 0 Å². The van der Waals surface area contributed by atoms with E-state index < -0.39 is 0 Å². The highest BCUT2D eigenvalue weighted by molar-refractivity contribution is 6.30. The summed E-state index contributed by atoms with van der Waals surface area (Å²) in [5.41, 5.74) is 6.15. The van der Waals surface area contributed by atoms with Gasteiger partial charge < -0.3 is 5.32 Å². The highest BCUT2D eigenvalue weighted by Gasteiger charge is 2.03. The van der Waals surface area contributed by atoms with Crippen LogP contribution in [0.3, 0.4) is 0 Å². The first-order valence-corrected chi connectivity index (χ1v) is 6.85. The molecule has 0 saturated heterocycles. The molecule has 108 valence electrons. The average molecular weight is 302 g/mol. The van der Waals surface area contributed by atoms with E-state index in [1.165, 1.54) is 6.21 Å². The lowest BCUT2D eigenvalue weighted by Gasteiger charge is -2.08. The first-order valence-electron chi connectivity index (χ1n) is 6.47. The molecule has 5 heteroatoms. The molecule has 0 aliphatic heterocycles. The molecular weight excluding hydrogens is 286 g/mol. The largest absolute Gasteiger partial charge is 0.339 e.